The number of thiophene rings is 3. The summed E-state index contributed by atoms with van der Waals surface area (Å²) in [4.78, 5) is 2.77. The Labute approximate surface area is 184 Å². The van der Waals surface area contributed by atoms with Gasteiger partial charge >= 0.3 is 0 Å². The molecule has 29 heavy (non-hydrogen) atoms. The number of rotatable bonds is 11. The Morgan fingerprint density at radius 1 is 0.724 bits per heavy atom. The van der Waals surface area contributed by atoms with E-state index in [-0.39, 0.29) is 31.9 Å². The van der Waals surface area contributed by atoms with E-state index in [2.05, 4.69) is 0 Å². The summed E-state index contributed by atoms with van der Waals surface area (Å²) in [6.45, 7) is 0.662. The van der Waals surface area contributed by atoms with Crippen LogP contribution in [0.2, 0.25) is 0 Å². The van der Waals surface area contributed by atoms with Crippen molar-refractivity contribution in [3.05, 3.63) is 67.2 Å². The molecule has 0 atom stereocenters. The summed E-state index contributed by atoms with van der Waals surface area (Å²) < 4.78 is 53.3. The van der Waals surface area contributed by atoms with Gasteiger partial charge in [-0.1, -0.05) is 18.2 Å². The largest absolute Gasteiger partial charge is 0.216 e. The van der Waals surface area contributed by atoms with Crippen LogP contribution in [-0.2, 0) is 39.7 Å². The van der Waals surface area contributed by atoms with Gasteiger partial charge in [-0.15, -0.1) is 34.0 Å². The minimum Gasteiger partial charge on any atom is -0.212 e. The van der Waals surface area contributed by atoms with Crippen molar-refractivity contribution < 1.29 is 16.8 Å². The zero-order valence-electron chi connectivity index (χ0n) is 15.8. The monoisotopic (exact) mass is 490 g/mol. The first-order valence-corrected chi connectivity index (χ1v) is 14.8. The summed E-state index contributed by atoms with van der Waals surface area (Å²) in [5, 5.41) is 5.70. The summed E-state index contributed by atoms with van der Waals surface area (Å²) in [6, 6.07) is 11.3. The van der Waals surface area contributed by atoms with Crippen molar-refractivity contribution in [2.24, 2.45) is 0 Å². The lowest BCUT2D eigenvalue weighted by Crippen LogP contribution is -2.38. The number of hydrogen-bond acceptors (Lipinski definition) is 7. The van der Waals surface area contributed by atoms with Crippen LogP contribution in [0, 0.1) is 0 Å². The second kappa shape index (κ2) is 9.82. The van der Waals surface area contributed by atoms with Gasteiger partial charge in [0.25, 0.3) is 0 Å². The van der Waals surface area contributed by atoms with Gasteiger partial charge in [-0.3, -0.25) is 0 Å². The Morgan fingerprint density at radius 2 is 1.14 bits per heavy atom. The summed E-state index contributed by atoms with van der Waals surface area (Å²) in [7, 11) is -7.19. The van der Waals surface area contributed by atoms with E-state index in [1.54, 1.807) is 0 Å². The predicted octanol–water partition coefficient (Wildman–Crippen LogP) is 3.66. The van der Waals surface area contributed by atoms with Gasteiger partial charge in [0.15, 0.2) is 0 Å². The van der Waals surface area contributed by atoms with Crippen LogP contribution >= 0.6 is 34.0 Å². The van der Waals surface area contributed by atoms with Gasteiger partial charge in [0.05, 0.1) is 12.0 Å². The molecule has 0 N–H and O–H groups in total. The fourth-order valence-corrected chi connectivity index (χ4v) is 7.39. The number of sulfonamides is 2. The van der Waals surface area contributed by atoms with E-state index in [4.69, 9.17) is 0 Å². The van der Waals surface area contributed by atoms with Crippen LogP contribution in [0.3, 0.4) is 0 Å². The normalized spacial score (nSPS) is 12.8. The lowest BCUT2D eigenvalue weighted by atomic mass is 10.4. The summed E-state index contributed by atoms with van der Waals surface area (Å²) in [5.74, 6) is -0.262. The predicted molar refractivity (Wildman–Crippen MR) is 121 cm³/mol. The lowest BCUT2D eigenvalue weighted by Gasteiger charge is -2.24. The molecule has 11 heteroatoms. The molecule has 3 aromatic rings. The smallest absolute Gasteiger partial charge is 0.212 e. The Kier molecular flexibility index (Phi) is 7.65. The second-order valence-electron chi connectivity index (χ2n) is 6.42. The van der Waals surface area contributed by atoms with E-state index < -0.39 is 20.0 Å². The molecule has 3 aromatic heterocycles. The van der Waals surface area contributed by atoms with E-state index in [9.17, 15) is 16.8 Å². The Balaban J connectivity index is 1.75. The van der Waals surface area contributed by atoms with Crippen molar-refractivity contribution in [2.45, 2.75) is 19.6 Å². The minimum atomic E-state index is -3.66. The molecule has 0 saturated carbocycles. The van der Waals surface area contributed by atoms with Crippen LogP contribution in [0.1, 0.15) is 14.6 Å². The molecule has 158 valence electrons. The average molecular weight is 491 g/mol. The van der Waals surface area contributed by atoms with E-state index in [1.807, 2.05) is 52.5 Å². The fraction of sp³-hybridized carbons (Fsp3) is 0.333. The van der Waals surface area contributed by atoms with Gasteiger partial charge in [0.2, 0.25) is 20.0 Å². The molecule has 0 aliphatic carbocycles. The third-order valence-corrected chi connectivity index (χ3v) is 9.77. The number of hydrogen-bond donors (Lipinski definition) is 0. The van der Waals surface area contributed by atoms with Crippen molar-refractivity contribution in [1.82, 2.24) is 8.61 Å². The minimum absolute atomic E-state index is 0.0789. The molecule has 0 saturated heterocycles. The molecule has 0 aliphatic heterocycles. The van der Waals surface area contributed by atoms with Gasteiger partial charge in [-0.05, 0) is 34.3 Å². The third-order valence-electron chi connectivity index (χ3n) is 4.20. The van der Waals surface area contributed by atoms with Gasteiger partial charge in [0, 0.05) is 40.8 Å². The standard InChI is InChI=1S/C18H22N2O4S5/c1-28(21,22)19(13-16-5-2-9-25-16)8-12-29(23,24)20(14-17-6-3-10-26-17)15-18-7-4-11-27-18/h2-7,9-11H,8,12-15H2,1H3. The first-order valence-electron chi connectivity index (χ1n) is 8.74. The Hall–Kier alpha value is -1.08. The molecule has 0 spiro atoms. The highest BCUT2D eigenvalue weighted by molar-refractivity contribution is 7.89. The van der Waals surface area contributed by atoms with Crippen molar-refractivity contribution in [3.8, 4) is 0 Å². The van der Waals surface area contributed by atoms with E-state index in [0.717, 1.165) is 20.9 Å². The van der Waals surface area contributed by atoms with Crippen LogP contribution in [0.15, 0.2) is 52.5 Å². The van der Waals surface area contributed by atoms with Gasteiger partial charge < -0.3 is 0 Å². The molecule has 0 fully saturated rings. The van der Waals surface area contributed by atoms with Crippen molar-refractivity contribution >= 4 is 54.1 Å². The molecule has 3 heterocycles. The van der Waals surface area contributed by atoms with E-state index >= 15 is 0 Å². The van der Waals surface area contributed by atoms with Crippen LogP contribution in [0.25, 0.3) is 0 Å². The molecule has 0 aromatic carbocycles. The van der Waals surface area contributed by atoms with Gasteiger partial charge in [-0.2, -0.15) is 8.61 Å². The Bertz CT molecular complexity index is 1040. The number of nitrogens with zero attached hydrogens (tertiary/aromatic N) is 2. The first kappa shape index (κ1) is 22.6. The molecule has 0 bridgehead atoms. The first-order chi connectivity index (χ1) is 13.7. The molecule has 0 unspecified atom stereocenters. The van der Waals surface area contributed by atoms with Crippen LogP contribution in [0.4, 0.5) is 0 Å². The second-order valence-corrected chi connectivity index (χ2v) is 13.6. The highest BCUT2D eigenvalue weighted by Crippen LogP contribution is 2.21. The van der Waals surface area contributed by atoms with Crippen LogP contribution < -0.4 is 0 Å². The SMILES string of the molecule is CS(=O)(=O)N(CCS(=O)(=O)N(Cc1cccs1)Cc1cccs1)Cc1cccs1. The fourth-order valence-electron chi connectivity index (χ4n) is 2.69. The average Bonchev–Trinajstić information content (AvgIpc) is 3.40. The maximum atomic E-state index is 13.1. The van der Waals surface area contributed by atoms with E-state index in [0.29, 0.717) is 0 Å². The summed E-state index contributed by atoms with van der Waals surface area (Å²) >= 11 is 4.46. The van der Waals surface area contributed by atoms with Crippen LogP contribution in [-0.4, -0.2) is 44.0 Å². The highest BCUT2D eigenvalue weighted by atomic mass is 32.2. The molecule has 3 rings (SSSR count). The van der Waals surface area contributed by atoms with Crippen molar-refractivity contribution in [1.29, 1.82) is 0 Å². The molecule has 0 radical (unpaired) electrons. The lowest BCUT2D eigenvalue weighted by molar-refractivity contribution is 0.393. The van der Waals surface area contributed by atoms with Gasteiger partial charge in [0.1, 0.15) is 0 Å². The molecule has 0 amide bonds. The summed E-state index contributed by atoms with van der Waals surface area (Å²) in [5.41, 5.74) is 0. The molecule has 6 nitrogen and oxygen atoms in total. The molecule has 0 aliphatic rings. The zero-order valence-corrected chi connectivity index (χ0v) is 19.9. The third kappa shape index (κ3) is 6.71. The van der Waals surface area contributed by atoms with Gasteiger partial charge in [-0.25, -0.2) is 16.8 Å². The Morgan fingerprint density at radius 3 is 1.48 bits per heavy atom. The maximum Gasteiger partial charge on any atom is 0.216 e. The highest BCUT2D eigenvalue weighted by Gasteiger charge is 2.27. The quantitative estimate of drug-likeness (QED) is 0.411. The topological polar surface area (TPSA) is 74.8 Å². The van der Waals surface area contributed by atoms with Crippen molar-refractivity contribution in [3.63, 3.8) is 0 Å². The van der Waals surface area contributed by atoms with Crippen molar-refractivity contribution in [2.75, 3.05) is 18.6 Å². The molecular weight excluding hydrogens is 469 g/mol. The van der Waals surface area contributed by atoms with Crippen LogP contribution in [0.5, 0.6) is 0 Å². The summed E-state index contributed by atoms with van der Waals surface area (Å²) in [6.07, 6.45) is 1.11. The maximum absolute atomic E-state index is 13.1. The zero-order chi connectivity index (χ0) is 20.9. The van der Waals surface area contributed by atoms with E-state index in [1.165, 1.54) is 42.6 Å². The molecular formula is C18H22N2O4S5.